The Morgan fingerprint density at radius 2 is 2.60 bits per heavy atom. The number of hydrogen-bond acceptors (Lipinski definition) is 1. The first-order valence-electron chi connectivity index (χ1n) is 1.49. The number of hydrogen-bond donors (Lipinski definition) is 0. The summed E-state index contributed by atoms with van der Waals surface area (Å²) in [6, 6.07) is 4.94. The molecule has 0 aliphatic rings. The van der Waals surface area contributed by atoms with E-state index in [0.29, 0.717) is 0 Å². The van der Waals surface area contributed by atoms with Gasteiger partial charge in [-0.1, -0.05) is 0 Å². The Hall–Kier alpha value is -0.203. The average molecular weight is 86.2 g/mol. The van der Waals surface area contributed by atoms with Gasteiger partial charge >= 0.3 is 0 Å². The zero-order valence-corrected chi connectivity index (χ0v) is 4.19. The first kappa shape index (κ1) is 4.80. The normalized spacial score (nSPS) is 5.60. The maximum atomic E-state index is 4.94. The molecule has 0 aliphatic carbocycles. The quantitative estimate of drug-likeness (QED) is 0.415. The zero-order chi connectivity index (χ0) is 4.12. The lowest BCUT2D eigenvalue weighted by Crippen LogP contribution is -1.80. The Bertz CT molecular complexity index is 45.3. The minimum Gasteiger partial charge on any atom is -0.505 e. The topological polar surface area (TPSA) is 9.23 Å². The molecular weight excluding hydrogens is 80.1 g/mol. The van der Waals surface area contributed by atoms with Crippen molar-refractivity contribution in [1.29, 1.82) is 0 Å². The van der Waals surface area contributed by atoms with Crippen molar-refractivity contribution in [1.82, 2.24) is 0 Å². The summed E-state index contributed by atoms with van der Waals surface area (Å²) in [5.74, 6) is 0. The van der Waals surface area contributed by atoms with Crippen LogP contribution >= 0.6 is 0 Å². The van der Waals surface area contributed by atoms with Crippen LogP contribution in [0.5, 0.6) is 0 Å². The van der Waals surface area contributed by atoms with E-state index in [-0.39, 0.29) is 9.20 Å². The van der Waals surface area contributed by atoms with Crippen molar-refractivity contribution in [3.05, 3.63) is 0 Å². The molecule has 0 amide bonds. The van der Waals surface area contributed by atoms with Crippen LogP contribution in [0.25, 0.3) is 0 Å². The van der Waals surface area contributed by atoms with Crippen LogP contribution in [0.4, 0.5) is 0 Å². The monoisotopic (exact) mass is 86.0 g/mol. The van der Waals surface area contributed by atoms with Gasteiger partial charge in [0, 0.05) is 0 Å². The van der Waals surface area contributed by atoms with Crippen LogP contribution in [-0.4, -0.2) is 15.8 Å². The Balaban J connectivity index is 2.48. The van der Waals surface area contributed by atoms with Crippen molar-refractivity contribution in [2.75, 3.05) is 6.61 Å². The number of rotatable bonds is 1. The third kappa shape index (κ3) is 3.80. The Kier molecular flexibility index (Phi) is 3.64. The summed E-state index contributed by atoms with van der Waals surface area (Å²) >= 11 is 0. The van der Waals surface area contributed by atoms with E-state index in [0.717, 1.165) is 6.61 Å². The van der Waals surface area contributed by atoms with Gasteiger partial charge < -0.3 is 4.43 Å². The molecule has 0 unspecified atom stereocenters. The van der Waals surface area contributed by atoms with Crippen molar-refractivity contribution in [2.45, 2.75) is 6.92 Å². The molecule has 0 radical (unpaired) electrons. The highest BCUT2D eigenvalue weighted by atomic mass is 28.2. The lowest BCUT2D eigenvalue weighted by molar-refractivity contribution is 0.373. The van der Waals surface area contributed by atoms with Crippen molar-refractivity contribution >= 4 is 9.20 Å². The second-order valence-corrected chi connectivity index (χ2v) is 1.08. The van der Waals surface area contributed by atoms with Crippen LogP contribution in [0.15, 0.2) is 0 Å². The molecule has 0 saturated carbocycles. The molecule has 0 bridgehead atoms. The van der Waals surface area contributed by atoms with E-state index in [9.17, 15) is 0 Å². The fourth-order valence-electron chi connectivity index (χ4n) is 0.0833. The predicted octanol–water partition coefficient (Wildman–Crippen LogP) is 0.231. The van der Waals surface area contributed by atoms with Crippen molar-refractivity contribution in [3.63, 3.8) is 0 Å². The van der Waals surface area contributed by atoms with Crippen molar-refractivity contribution < 1.29 is 4.43 Å². The molecule has 2 heteroatoms. The van der Waals surface area contributed by atoms with E-state index in [1.54, 1.807) is 0 Å². The standard InChI is InChI=1S/C3H6OSi/c1-3-4-5-2/h2H,3H2,1H3. The van der Waals surface area contributed by atoms with Gasteiger partial charge in [0.15, 0.2) is 0 Å². The van der Waals surface area contributed by atoms with Gasteiger partial charge in [0.25, 0.3) is 0 Å². The van der Waals surface area contributed by atoms with Crippen LogP contribution in [0.2, 0.25) is 0 Å². The lowest BCUT2D eigenvalue weighted by Gasteiger charge is -1.80. The first-order chi connectivity index (χ1) is 2.41. The minimum atomic E-state index is 0.158. The molecule has 0 aromatic heterocycles. The maximum Gasteiger partial charge on any atom is 0.239 e. The Morgan fingerprint density at radius 3 is 2.60 bits per heavy atom. The molecule has 0 N–H and O–H groups in total. The molecule has 0 aliphatic heterocycles. The molecule has 0 saturated heterocycles. The third-order valence-corrected chi connectivity index (χ3v) is 0.683. The summed E-state index contributed by atoms with van der Waals surface area (Å²) in [5, 5.41) is 0. The molecule has 0 spiro atoms. The van der Waals surface area contributed by atoms with E-state index in [1.165, 1.54) is 0 Å². The summed E-state index contributed by atoms with van der Waals surface area (Å²) in [4.78, 5) is 0. The highest BCUT2D eigenvalue weighted by Gasteiger charge is 1.56. The smallest absolute Gasteiger partial charge is 0.239 e. The summed E-state index contributed by atoms with van der Waals surface area (Å²) < 4.78 is 4.64. The van der Waals surface area contributed by atoms with Crippen LogP contribution in [-0.2, 0) is 4.43 Å². The summed E-state index contributed by atoms with van der Waals surface area (Å²) in [5.41, 5.74) is 0. The lowest BCUT2D eigenvalue weighted by atomic mass is 10.9. The van der Waals surface area contributed by atoms with Gasteiger partial charge in [-0.3, -0.25) is 0 Å². The molecule has 0 heterocycles. The average Bonchev–Trinajstić information content (AvgIpc) is 1.41. The summed E-state index contributed by atoms with van der Waals surface area (Å²) in [7, 11) is 0.158. The molecule has 0 aromatic carbocycles. The van der Waals surface area contributed by atoms with E-state index >= 15 is 0 Å². The fraction of sp³-hybridized carbons (Fsp3) is 0.667. The fourth-order valence-corrected chi connectivity index (χ4v) is 0.250. The van der Waals surface area contributed by atoms with Crippen LogP contribution in [0, 0.1) is 6.00 Å². The Labute approximate surface area is 34.2 Å². The van der Waals surface area contributed by atoms with Crippen LogP contribution < -0.4 is 0 Å². The van der Waals surface area contributed by atoms with E-state index in [4.69, 9.17) is 6.00 Å². The van der Waals surface area contributed by atoms with Gasteiger partial charge in [0.2, 0.25) is 9.20 Å². The van der Waals surface area contributed by atoms with Gasteiger partial charge in [-0.15, -0.1) is 6.00 Å². The van der Waals surface area contributed by atoms with Gasteiger partial charge in [-0.05, 0) is 6.92 Å². The van der Waals surface area contributed by atoms with E-state index in [1.807, 2.05) is 6.92 Å². The highest BCUT2D eigenvalue weighted by molar-refractivity contribution is 6.12. The second kappa shape index (κ2) is 3.80. The minimum absolute atomic E-state index is 0.158. The molecule has 0 atom stereocenters. The highest BCUT2D eigenvalue weighted by Crippen LogP contribution is 1.52. The molecule has 1 nitrogen and oxygen atoms in total. The molecule has 0 rings (SSSR count). The maximum absolute atomic E-state index is 4.94. The summed E-state index contributed by atoms with van der Waals surface area (Å²) in [6.45, 7) is 2.65. The first-order valence-corrected chi connectivity index (χ1v) is 2.47. The SMILES string of the molecule is C#[Si]OCC. The zero-order valence-electron chi connectivity index (χ0n) is 3.19. The molecular formula is C3H6OSi. The van der Waals surface area contributed by atoms with Gasteiger partial charge in [0.1, 0.15) is 0 Å². The van der Waals surface area contributed by atoms with Gasteiger partial charge in [0.05, 0.1) is 6.61 Å². The predicted molar refractivity (Wildman–Crippen MR) is 22.3 cm³/mol. The molecule has 28 valence electrons. The second-order valence-electron chi connectivity index (χ2n) is 0.551. The van der Waals surface area contributed by atoms with E-state index in [2.05, 4.69) is 4.43 Å². The Morgan fingerprint density at radius 1 is 2.00 bits per heavy atom. The van der Waals surface area contributed by atoms with Gasteiger partial charge in [-0.25, -0.2) is 0 Å². The van der Waals surface area contributed by atoms with Crippen LogP contribution in [0.1, 0.15) is 6.92 Å². The molecule has 0 aromatic rings. The van der Waals surface area contributed by atoms with Crippen LogP contribution in [0.3, 0.4) is 0 Å². The van der Waals surface area contributed by atoms with Crippen molar-refractivity contribution in [2.24, 2.45) is 0 Å². The summed E-state index contributed by atoms with van der Waals surface area (Å²) in [6.07, 6.45) is 0. The molecule has 5 heavy (non-hydrogen) atoms. The largest absolute Gasteiger partial charge is 0.505 e. The van der Waals surface area contributed by atoms with E-state index < -0.39 is 0 Å². The third-order valence-electron chi connectivity index (χ3n) is 0.228. The van der Waals surface area contributed by atoms with Gasteiger partial charge in [-0.2, -0.15) is 0 Å². The van der Waals surface area contributed by atoms with Crippen molar-refractivity contribution in [3.8, 4) is 6.00 Å². The molecule has 0 fully saturated rings.